The number of carboxylic acids is 1. The van der Waals surface area contributed by atoms with Crippen molar-refractivity contribution in [2.45, 2.75) is 62.9 Å². The van der Waals surface area contributed by atoms with Crippen LogP contribution in [0.15, 0.2) is 30.5 Å². The SMILES string of the molecule is CC(O)C(NC(=O)C(Cc1c[nH]c2ccccc12)NC(=O)C1CCCN1C(=O)C(N)CC(N)=O)C(=O)O. The molecule has 0 saturated carbocycles. The van der Waals surface area contributed by atoms with Crippen molar-refractivity contribution in [3.05, 3.63) is 36.0 Å². The van der Waals surface area contributed by atoms with E-state index in [9.17, 15) is 34.2 Å². The molecule has 9 N–H and O–H groups in total. The predicted octanol–water partition coefficient (Wildman–Crippen LogP) is -1.66. The van der Waals surface area contributed by atoms with Crippen molar-refractivity contribution in [3.8, 4) is 0 Å². The highest BCUT2D eigenvalue weighted by Crippen LogP contribution is 2.21. The molecule has 1 fully saturated rings. The summed E-state index contributed by atoms with van der Waals surface area (Å²) >= 11 is 0. The number of primary amides is 1. The number of hydrogen-bond acceptors (Lipinski definition) is 7. The second kappa shape index (κ2) is 11.8. The Hall–Kier alpha value is -3.97. The second-order valence-electron chi connectivity index (χ2n) is 9.16. The van der Waals surface area contributed by atoms with E-state index in [1.54, 1.807) is 6.20 Å². The lowest BCUT2D eigenvalue weighted by atomic mass is 10.0. The summed E-state index contributed by atoms with van der Waals surface area (Å²) in [5, 5.41) is 24.9. The Balaban J connectivity index is 1.83. The van der Waals surface area contributed by atoms with Gasteiger partial charge in [0.05, 0.1) is 18.6 Å². The number of nitrogens with zero attached hydrogens (tertiary/aromatic N) is 1. The minimum atomic E-state index is -1.59. The average molecular weight is 517 g/mol. The maximum absolute atomic E-state index is 13.3. The molecule has 5 atom stereocenters. The molecule has 2 heterocycles. The minimum absolute atomic E-state index is 0.00951. The molecular formula is C24H32N6O7. The number of H-pyrrole nitrogens is 1. The molecule has 200 valence electrons. The summed E-state index contributed by atoms with van der Waals surface area (Å²) in [6.07, 6.45) is 0.763. The van der Waals surface area contributed by atoms with Gasteiger partial charge in [-0.3, -0.25) is 19.2 Å². The van der Waals surface area contributed by atoms with E-state index in [1.165, 1.54) is 11.8 Å². The molecule has 1 saturated heterocycles. The van der Waals surface area contributed by atoms with Crippen molar-refractivity contribution < 1.29 is 34.2 Å². The number of rotatable bonds is 11. The monoisotopic (exact) mass is 516 g/mol. The number of likely N-dealkylation sites (tertiary alicyclic amines) is 1. The van der Waals surface area contributed by atoms with E-state index in [2.05, 4.69) is 15.6 Å². The normalized spacial score (nSPS) is 18.6. The zero-order valence-electron chi connectivity index (χ0n) is 20.3. The number of aromatic amines is 1. The second-order valence-corrected chi connectivity index (χ2v) is 9.16. The van der Waals surface area contributed by atoms with Crippen LogP contribution in [0.1, 0.15) is 31.7 Å². The molecule has 4 amide bonds. The third-order valence-corrected chi connectivity index (χ3v) is 6.35. The maximum Gasteiger partial charge on any atom is 0.328 e. The van der Waals surface area contributed by atoms with Gasteiger partial charge in [-0.25, -0.2) is 4.79 Å². The Bertz CT molecular complexity index is 1180. The number of carbonyl (C=O) groups is 5. The van der Waals surface area contributed by atoms with Crippen molar-refractivity contribution in [3.63, 3.8) is 0 Å². The molecule has 1 aromatic carbocycles. The Kier molecular flexibility index (Phi) is 8.84. The van der Waals surface area contributed by atoms with Crippen LogP contribution in [0, 0.1) is 0 Å². The van der Waals surface area contributed by atoms with Gasteiger partial charge in [0.1, 0.15) is 12.1 Å². The van der Waals surface area contributed by atoms with Crippen molar-refractivity contribution in [1.82, 2.24) is 20.5 Å². The van der Waals surface area contributed by atoms with E-state index in [1.807, 2.05) is 24.3 Å². The Labute approximate surface area is 212 Å². The van der Waals surface area contributed by atoms with Crippen LogP contribution in [-0.2, 0) is 30.4 Å². The number of aliphatic hydroxyl groups is 1. The topological polar surface area (TPSA) is 221 Å². The Morgan fingerprint density at radius 1 is 1.19 bits per heavy atom. The number of benzene rings is 1. The van der Waals surface area contributed by atoms with Crippen LogP contribution in [0.5, 0.6) is 0 Å². The zero-order chi connectivity index (χ0) is 27.3. The Morgan fingerprint density at radius 2 is 1.89 bits per heavy atom. The fourth-order valence-corrected chi connectivity index (χ4v) is 4.46. The van der Waals surface area contributed by atoms with Crippen LogP contribution in [0.2, 0.25) is 0 Å². The molecule has 0 bridgehead atoms. The van der Waals surface area contributed by atoms with Gasteiger partial charge in [0.15, 0.2) is 6.04 Å². The summed E-state index contributed by atoms with van der Waals surface area (Å²) in [4.78, 5) is 66.2. The maximum atomic E-state index is 13.3. The molecule has 13 heteroatoms. The number of aromatic nitrogens is 1. The molecule has 0 spiro atoms. The van der Waals surface area contributed by atoms with Gasteiger partial charge in [-0.15, -0.1) is 0 Å². The first-order chi connectivity index (χ1) is 17.5. The van der Waals surface area contributed by atoms with E-state index >= 15 is 0 Å². The van der Waals surface area contributed by atoms with Gasteiger partial charge >= 0.3 is 5.97 Å². The summed E-state index contributed by atoms with van der Waals surface area (Å²) in [6.45, 7) is 1.47. The summed E-state index contributed by atoms with van der Waals surface area (Å²) in [5.74, 6) is -4.22. The lowest BCUT2D eigenvalue weighted by Crippen LogP contribution is -2.58. The molecule has 13 nitrogen and oxygen atoms in total. The molecule has 1 aromatic heterocycles. The lowest BCUT2D eigenvalue weighted by Gasteiger charge is -2.28. The van der Waals surface area contributed by atoms with E-state index in [4.69, 9.17) is 11.5 Å². The van der Waals surface area contributed by atoms with Gasteiger partial charge in [0.2, 0.25) is 23.6 Å². The molecule has 1 aliphatic rings. The first-order valence-corrected chi connectivity index (χ1v) is 11.9. The van der Waals surface area contributed by atoms with Gasteiger partial charge < -0.3 is 42.2 Å². The standard InChI is InChI=1S/C24H32N6O7/c1-12(31)20(24(36)37)29-21(33)17(9-13-11-27-16-6-3-2-5-14(13)16)28-22(34)18-7-4-8-30(18)23(35)15(25)10-19(26)32/h2-3,5-6,11-12,15,17-18,20,27,31H,4,7-10,25H2,1H3,(H2,26,32)(H,28,34)(H,29,33)(H,36,37). The number of carbonyl (C=O) groups excluding carboxylic acids is 4. The molecular weight excluding hydrogens is 484 g/mol. The molecule has 37 heavy (non-hydrogen) atoms. The largest absolute Gasteiger partial charge is 0.480 e. The van der Waals surface area contributed by atoms with Crippen molar-refractivity contribution in [2.24, 2.45) is 11.5 Å². The fourth-order valence-electron chi connectivity index (χ4n) is 4.46. The van der Waals surface area contributed by atoms with Gasteiger partial charge in [-0.05, 0) is 31.4 Å². The van der Waals surface area contributed by atoms with Gasteiger partial charge in [-0.2, -0.15) is 0 Å². The number of aliphatic hydroxyl groups excluding tert-OH is 1. The number of hydrogen-bond donors (Lipinski definition) is 7. The highest BCUT2D eigenvalue weighted by atomic mass is 16.4. The number of carboxylic acid groups (broad SMARTS) is 1. The summed E-state index contributed by atoms with van der Waals surface area (Å²) < 4.78 is 0. The molecule has 5 unspecified atom stereocenters. The van der Waals surface area contributed by atoms with E-state index in [0.717, 1.165) is 10.9 Å². The van der Waals surface area contributed by atoms with Crippen LogP contribution in [-0.4, -0.2) is 86.5 Å². The third-order valence-electron chi connectivity index (χ3n) is 6.35. The van der Waals surface area contributed by atoms with Crippen molar-refractivity contribution in [2.75, 3.05) is 6.54 Å². The predicted molar refractivity (Wildman–Crippen MR) is 132 cm³/mol. The van der Waals surface area contributed by atoms with E-state index in [-0.39, 0.29) is 19.4 Å². The number of para-hydroxylation sites is 1. The number of fused-ring (bicyclic) bond motifs is 1. The van der Waals surface area contributed by atoms with Crippen molar-refractivity contribution >= 4 is 40.5 Å². The molecule has 3 rings (SSSR count). The van der Waals surface area contributed by atoms with Gasteiger partial charge in [0.25, 0.3) is 0 Å². The van der Waals surface area contributed by atoms with Gasteiger partial charge in [-0.1, -0.05) is 18.2 Å². The number of nitrogens with two attached hydrogens (primary N) is 2. The van der Waals surface area contributed by atoms with Crippen molar-refractivity contribution in [1.29, 1.82) is 0 Å². The first kappa shape index (κ1) is 27.6. The zero-order valence-corrected chi connectivity index (χ0v) is 20.3. The molecule has 0 radical (unpaired) electrons. The highest BCUT2D eigenvalue weighted by Gasteiger charge is 2.38. The summed E-state index contributed by atoms with van der Waals surface area (Å²) in [7, 11) is 0. The summed E-state index contributed by atoms with van der Waals surface area (Å²) in [6, 6.07) is 2.40. The fraction of sp³-hybridized carbons (Fsp3) is 0.458. The quantitative estimate of drug-likeness (QED) is 0.183. The smallest absolute Gasteiger partial charge is 0.328 e. The van der Waals surface area contributed by atoms with E-state index in [0.29, 0.717) is 18.4 Å². The molecule has 2 aromatic rings. The van der Waals surface area contributed by atoms with Crippen LogP contribution in [0.4, 0.5) is 0 Å². The van der Waals surface area contributed by atoms with Crippen LogP contribution < -0.4 is 22.1 Å². The summed E-state index contributed by atoms with van der Waals surface area (Å²) in [5.41, 5.74) is 12.4. The molecule has 0 aliphatic carbocycles. The minimum Gasteiger partial charge on any atom is -0.480 e. The Morgan fingerprint density at radius 3 is 2.54 bits per heavy atom. The number of nitrogens with one attached hydrogen (secondary N) is 3. The van der Waals surface area contributed by atoms with E-state index < -0.39 is 59.9 Å². The number of aliphatic carboxylic acids is 1. The number of amides is 4. The van der Waals surface area contributed by atoms with Crippen LogP contribution in [0.25, 0.3) is 10.9 Å². The lowest BCUT2D eigenvalue weighted by molar-refractivity contribution is -0.145. The average Bonchev–Trinajstić information content (AvgIpc) is 3.48. The van der Waals surface area contributed by atoms with Gasteiger partial charge in [0, 0.05) is 30.1 Å². The third kappa shape index (κ3) is 6.62. The molecule has 1 aliphatic heterocycles. The van der Waals surface area contributed by atoms with Crippen LogP contribution >= 0.6 is 0 Å². The first-order valence-electron chi connectivity index (χ1n) is 11.9. The highest BCUT2D eigenvalue weighted by molar-refractivity contribution is 5.96. The van der Waals surface area contributed by atoms with Crippen LogP contribution in [0.3, 0.4) is 0 Å².